The minimum absolute atomic E-state index is 0.00554. The van der Waals surface area contributed by atoms with Crippen LogP contribution in [-0.4, -0.2) is 44.5 Å². The summed E-state index contributed by atoms with van der Waals surface area (Å²) in [6.07, 6.45) is 0. The number of hydrogen-bond acceptors (Lipinski definition) is 9. The lowest BCUT2D eigenvalue weighted by Gasteiger charge is -2.25. The van der Waals surface area contributed by atoms with E-state index >= 15 is 0 Å². The molecule has 2 aromatic carbocycles. The van der Waals surface area contributed by atoms with E-state index in [0.29, 0.717) is 11.3 Å². The first-order chi connectivity index (χ1) is 17.4. The second-order valence-electron chi connectivity index (χ2n) is 8.76. The van der Waals surface area contributed by atoms with Gasteiger partial charge in [-0.2, -0.15) is 0 Å². The molecule has 1 heterocycles. The number of hydrogen-bond donors (Lipinski definition) is 2. The molecule has 0 aliphatic heterocycles. The van der Waals surface area contributed by atoms with Crippen molar-refractivity contribution in [3.63, 3.8) is 0 Å². The third kappa shape index (κ3) is 6.81. The van der Waals surface area contributed by atoms with Crippen LogP contribution in [0.5, 0.6) is 5.75 Å². The summed E-state index contributed by atoms with van der Waals surface area (Å²) in [6.45, 7) is 4.47. The van der Waals surface area contributed by atoms with Crippen LogP contribution in [0.25, 0.3) is 0 Å². The molecular formula is C24H27FN4O6S2. The molecular weight excluding hydrogens is 523 g/mol. The number of rotatable bonds is 9. The summed E-state index contributed by atoms with van der Waals surface area (Å²) in [5, 5.41) is 2.27. The largest absolute Gasteiger partial charge is 0.497 e. The maximum atomic E-state index is 14.8. The monoisotopic (exact) mass is 550 g/mol. The minimum Gasteiger partial charge on any atom is -0.497 e. The highest BCUT2D eigenvalue weighted by atomic mass is 32.2. The number of amides is 1. The zero-order valence-corrected chi connectivity index (χ0v) is 22.3. The standard InChI is InChI=1S/C24H27FN4O6S2/c1-24(2,3)35-23(31)21-22(36-14-27-21)29(13-15-5-7-16(34-4)8-6-15)37(32,33)17-9-10-19(18(25)11-17)28-20(30)12-26/h5-11,14H,12-13,26H2,1-4H3,(H,28,30). The van der Waals surface area contributed by atoms with Gasteiger partial charge in [-0.15, -0.1) is 11.3 Å². The number of nitrogens with two attached hydrogens (primary N) is 1. The molecule has 198 valence electrons. The number of carbonyl (C=O) groups is 2. The summed E-state index contributed by atoms with van der Waals surface area (Å²) >= 11 is 0.925. The molecule has 1 aromatic heterocycles. The molecule has 0 saturated heterocycles. The van der Waals surface area contributed by atoms with Crippen LogP contribution in [0.15, 0.2) is 52.9 Å². The highest BCUT2D eigenvalue weighted by Gasteiger charge is 2.33. The number of aromatic nitrogens is 1. The number of methoxy groups -OCH3 is 1. The third-order valence-corrected chi connectivity index (χ3v) is 7.55. The molecule has 0 spiro atoms. The Hall–Kier alpha value is -3.55. The molecule has 0 bridgehead atoms. The van der Waals surface area contributed by atoms with E-state index in [9.17, 15) is 22.4 Å². The van der Waals surface area contributed by atoms with Crippen LogP contribution in [0.2, 0.25) is 0 Å². The number of benzene rings is 2. The van der Waals surface area contributed by atoms with Crippen LogP contribution in [0.3, 0.4) is 0 Å². The summed E-state index contributed by atoms with van der Waals surface area (Å²) in [6, 6.07) is 9.73. The Kier molecular flexibility index (Phi) is 8.51. The van der Waals surface area contributed by atoms with E-state index in [1.165, 1.54) is 12.6 Å². The number of nitrogens with one attached hydrogen (secondary N) is 1. The third-order valence-electron chi connectivity index (χ3n) is 4.84. The molecule has 10 nitrogen and oxygen atoms in total. The van der Waals surface area contributed by atoms with E-state index in [1.807, 2.05) is 0 Å². The highest BCUT2D eigenvalue weighted by molar-refractivity contribution is 7.93. The molecule has 3 N–H and O–H groups in total. The number of sulfonamides is 1. The van der Waals surface area contributed by atoms with Gasteiger partial charge in [0.1, 0.15) is 22.2 Å². The van der Waals surface area contributed by atoms with Crippen LogP contribution in [-0.2, 0) is 26.1 Å². The van der Waals surface area contributed by atoms with Crippen LogP contribution in [0.1, 0.15) is 36.8 Å². The maximum Gasteiger partial charge on any atom is 0.360 e. The van der Waals surface area contributed by atoms with Crippen molar-refractivity contribution < 1.29 is 31.9 Å². The zero-order chi connectivity index (χ0) is 27.4. The topological polar surface area (TPSA) is 141 Å². The van der Waals surface area contributed by atoms with Crippen LogP contribution >= 0.6 is 11.3 Å². The average Bonchev–Trinajstić information content (AvgIpc) is 3.32. The van der Waals surface area contributed by atoms with Gasteiger partial charge in [0.05, 0.1) is 36.3 Å². The van der Waals surface area contributed by atoms with Crippen molar-refractivity contribution in [3.05, 3.63) is 65.0 Å². The molecule has 1 amide bonds. The molecule has 3 rings (SSSR count). The molecule has 0 atom stereocenters. The molecule has 0 saturated carbocycles. The number of anilines is 2. The Morgan fingerprint density at radius 2 is 1.84 bits per heavy atom. The smallest absolute Gasteiger partial charge is 0.360 e. The predicted molar refractivity (Wildman–Crippen MR) is 138 cm³/mol. The molecule has 0 aliphatic carbocycles. The van der Waals surface area contributed by atoms with Crippen molar-refractivity contribution in [2.45, 2.75) is 37.8 Å². The van der Waals surface area contributed by atoms with Crippen LogP contribution in [0, 0.1) is 5.82 Å². The minimum atomic E-state index is -4.42. The lowest BCUT2D eigenvalue weighted by Crippen LogP contribution is -2.32. The normalized spacial score (nSPS) is 11.6. The van der Waals surface area contributed by atoms with Gasteiger partial charge >= 0.3 is 5.97 Å². The maximum absolute atomic E-state index is 14.8. The SMILES string of the molecule is COc1ccc(CN(c2scnc2C(=O)OC(C)(C)C)S(=O)(=O)c2ccc(NC(=O)CN)c(F)c2)cc1. The Morgan fingerprint density at radius 1 is 1.16 bits per heavy atom. The molecule has 0 aliphatic rings. The van der Waals surface area contributed by atoms with Crippen molar-refractivity contribution in [3.8, 4) is 5.75 Å². The molecule has 0 unspecified atom stereocenters. The summed E-state index contributed by atoms with van der Waals surface area (Å²) in [7, 11) is -2.92. The lowest BCUT2D eigenvalue weighted by atomic mass is 10.2. The molecule has 37 heavy (non-hydrogen) atoms. The first-order valence-corrected chi connectivity index (χ1v) is 13.3. The van der Waals surface area contributed by atoms with Gasteiger partial charge in [0.25, 0.3) is 10.0 Å². The predicted octanol–water partition coefficient (Wildman–Crippen LogP) is 3.54. The summed E-state index contributed by atoms with van der Waals surface area (Å²) in [5.41, 5.74) is 5.89. The van der Waals surface area contributed by atoms with E-state index in [1.54, 1.807) is 45.0 Å². The van der Waals surface area contributed by atoms with Crippen LogP contribution in [0.4, 0.5) is 15.1 Å². The molecule has 3 aromatic rings. The molecule has 0 fully saturated rings. The van der Waals surface area contributed by atoms with Crippen molar-refractivity contribution in [1.29, 1.82) is 0 Å². The quantitative estimate of drug-likeness (QED) is 0.386. The number of ether oxygens (including phenoxy) is 2. The fourth-order valence-corrected chi connectivity index (χ4v) is 5.61. The second-order valence-corrected chi connectivity index (χ2v) is 11.5. The fraction of sp³-hybridized carbons (Fsp3) is 0.292. The Balaban J connectivity index is 2.08. The second kappa shape index (κ2) is 11.2. The van der Waals surface area contributed by atoms with Gasteiger partial charge in [0, 0.05) is 0 Å². The van der Waals surface area contributed by atoms with Crippen molar-refractivity contribution in [1.82, 2.24) is 4.98 Å². The summed E-state index contributed by atoms with van der Waals surface area (Å²) in [5.74, 6) is -1.83. The van der Waals surface area contributed by atoms with Gasteiger partial charge in [0.15, 0.2) is 5.69 Å². The van der Waals surface area contributed by atoms with Gasteiger partial charge in [0.2, 0.25) is 5.91 Å². The fourth-order valence-electron chi connectivity index (χ4n) is 3.13. The average molecular weight is 551 g/mol. The van der Waals surface area contributed by atoms with Gasteiger partial charge < -0.3 is 20.5 Å². The van der Waals surface area contributed by atoms with E-state index in [-0.39, 0.29) is 29.5 Å². The Morgan fingerprint density at radius 3 is 2.41 bits per heavy atom. The van der Waals surface area contributed by atoms with Crippen molar-refractivity contribution in [2.24, 2.45) is 5.73 Å². The molecule has 13 heteroatoms. The van der Waals surface area contributed by atoms with E-state index in [4.69, 9.17) is 15.2 Å². The number of halogens is 1. The van der Waals surface area contributed by atoms with Crippen LogP contribution < -0.4 is 20.1 Å². The highest BCUT2D eigenvalue weighted by Crippen LogP contribution is 2.34. The number of thiazole rings is 1. The number of esters is 1. The zero-order valence-electron chi connectivity index (χ0n) is 20.6. The summed E-state index contributed by atoms with van der Waals surface area (Å²) < 4.78 is 53.9. The summed E-state index contributed by atoms with van der Waals surface area (Å²) in [4.78, 5) is 28.1. The molecule has 0 radical (unpaired) electrons. The Bertz CT molecular complexity index is 1380. The van der Waals surface area contributed by atoms with Crippen molar-refractivity contribution >= 4 is 43.9 Å². The number of nitrogens with zero attached hydrogens (tertiary/aromatic N) is 2. The van der Waals surface area contributed by atoms with Gasteiger partial charge in [-0.05, 0) is 56.7 Å². The van der Waals surface area contributed by atoms with Gasteiger partial charge in [-0.25, -0.2) is 22.6 Å². The van der Waals surface area contributed by atoms with Gasteiger partial charge in [-0.3, -0.25) is 9.10 Å². The first-order valence-electron chi connectivity index (χ1n) is 11.0. The van der Waals surface area contributed by atoms with Gasteiger partial charge in [-0.1, -0.05) is 12.1 Å². The van der Waals surface area contributed by atoms with E-state index < -0.39 is 38.2 Å². The first kappa shape index (κ1) is 28.0. The lowest BCUT2D eigenvalue weighted by molar-refractivity contribution is -0.114. The number of carbonyl (C=O) groups excluding carboxylic acids is 2. The van der Waals surface area contributed by atoms with E-state index in [0.717, 1.165) is 33.8 Å². The van der Waals surface area contributed by atoms with Crippen molar-refractivity contribution in [2.75, 3.05) is 23.3 Å². The van der Waals surface area contributed by atoms with E-state index in [2.05, 4.69) is 10.3 Å². The Labute approximate surface area is 218 Å².